The van der Waals surface area contributed by atoms with Crippen LogP contribution in [-0.2, 0) is 10.0 Å². The van der Waals surface area contributed by atoms with Gasteiger partial charge in [0.2, 0.25) is 10.0 Å². The first kappa shape index (κ1) is 18.6. The molecule has 0 atom stereocenters. The van der Waals surface area contributed by atoms with E-state index in [9.17, 15) is 17.6 Å². The second kappa shape index (κ2) is 7.33. The van der Waals surface area contributed by atoms with Crippen molar-refractivity contribution in [2.45, 2.75) is 4.90 Å². The molecule has 0 N–H and O–H groups in total. The van der Waals surface area contributed by atoms with Gasteiger partial charge in [0.15, 0.2) is 0 Å². The van der Waals surface area contributed by atoms with Gasteiger partial charge in [0.25, 0.3) is 5.91 Å². The number of carbonyl (C=O) groups is 1. The molecule has 1 aliphatic rings. The van der Waals surface area contributed by atoms with E-state index in [1.165, 1.54) is 22.5 Å². The maximum absolute atomic E-state index is 13.4. The maximum atomic E-state index is 13.4. The summed E-state index contributed by atoms with van der Waals surface area (Å²) in [5.41, 5.74) is 0.583. The van der Waals surface area contributed by atoms with E-state index in [4.69, 9.17) is 0 Å². The van der Waals surface area contributed by atoms with Crippen LogP contribution >= 0.6 is 0 Å². The third kappa shape index (κ3) is 3.50. The Morgan fingerprint density at radius 2 is 1.54 bits per heavy atom. The van der Waals surface area contributed by atoms with Crippen LogP contribution in [0.1, 0.15) is 10.4 Å². The zero-order valence-electron chi connectivity index (χ0n) is 15.1. The standard InChI is InChI=1S/C21H19FN2O3S/c22-19-6-3-7-20(15-19)28(26,27)24-12-10-23(11-13-24)21(25)18-9-8-16-4-1-2-5-17(16)14-18/h1-9,14-15H,10-13H2. The second-order valence-corrected chi connectivity index (χ2v) is 8.65. The molecule has 4 rings (SSSR count). The molecule has 1 fully saturated rings. The first-order valence-corrected chi connectivity index (χ1v) is 10.4. The molecule has 0 unspecified atom stereocenters. The molecule has 7 heteroatoms. The Kier molecular flexibility index (Phi) is 4.87. The van der Waals surface area contributed by atoms with Crippen LogP contribution in [0.4, 0.5) is 4.39 Å². The summed E-state index contributed by atoms with van der Waals surface area (Å²) in [6.07, 6.45) is 0. The molecule has 5 nitrogen and oxygen atoms in total. The van der Waals surface area contributed by atoms with Gasteiger partial charge in [-0.1, -0.05) is 36.4 Å². The minimum atomic E-state index is -3.77. The SMILES string of the molecule is O=C(c1ccc2ccccc2c1)N1CCN(S(=O)(=O)c2cccc(F)c2)CC1. The largest absolute Gasteiger partial charge is 0.336 e. The predicted molar refractivity (Wildman–Crippen MR) is 105 cm³/mol. The molecule has 144 valence electrons. The topological polar surface area (TPSA) is 57.7 Å². The molecule has 1 saturated heterocycles. The minimum absolute atomic E-state index is 0.0678. The Bertz CT molecular complexity index is 1140. The lowest BCUT2D eigenvalue weighted by atomic mass is 10.1. The predicted octanol–water partition coefficient (Wildman–Crippen LogP) is 3.13. The number of piperazine rings is 1. The van der Waals surface area contributed by atoms with E-state index in [2.05, 4.69) is 0 Å². The summed E-state index contributed by atoms with van der Waals surface area (Å²) in [5.74, 6) is -0.709. The average Bonchev–Trinajstić information content (AvgIpc) is 2.73. The number of carbonyl (C=O) groups excluding carboxylic acids is 1. The number of rotatable bonds is 3. The van der Waals surface area contributed by atoms with Crippen molar-refractivity contribution in [1.82, 2.24) is 9.21 Å². The van der Waals surface area contributed by atoms with E-state index in [-0.39, 0.29) is 23.9 Å². The summed E-state index contributed by atoms with van der Waals surface area (Å²) >= 11 is 0. The van der Waals surface area contributed by atoms with E-state index < -0.39 is 15.8 Å². The van der Waals surface area contributed by atoms with Gasteiger partial charge in [-0.15, -0.1) is 0 Å². The fourth-order valence-electron chi connectivity index (χ4n) is 3.41. The fraction of sp³-hybridized carbons (Fsp3) is 0.190. The molecule has 0 aliphatic carbocycles. The highest BCUT2D eigenvalue weighted by molar-refractivity contribution is 7.89. The molecule has 1 heterocycles. The van der Waals surface area contributed by atoms with E-state index in [1.807, 2.05) is 36.4 Å². The van der Waals surface area contributed by atoms with Crippen molar-refractivity contribution in [2.75, 3.05) is 26.2 Å². The molecule has 0 radical (unpaired) electrons. The van der Waals surface area contributed by atoms with Gasteiger partial charge in [0.05, 0.1) is 4.90 Å². The summed E-state index contributed by atoms with van der Waals surface area (Å²) in [7, 11) is -3.77. The number of hydrogen-bond donors (Lipinski definition) is 0. The molecule has 0 saturated carbocycles. The molecule has 1 amide bonds. The van der Waals surface area contributed by atoms with Crippen LogP contribution in [0.5, 0.6) is 0 Å². The molecular formula is C21H19FN2O3S. The Morgan fingerprint density at radius 1 is 0.821 bits per heavy atom. The first-order chi connectivity index (χ1) is 13.4. The van der Waals surface area contributed by atoms with Crippen LogP contribution in [0.15, 0.2) is 71.6 Å². The van der Waals surface area contributed by atoms with Crippen LogP contribution in [0.3, 0.4) is 0 Å². The van der Waals surface area contributed by atoms with Crippen molar-refractivity contribution < 1.29 is 17.6 Å². The van der Waals surface area contributed by atoms with E-state index >= 15 is 0 Å². The van der Waals surface area contributed by atoms with Gasteiger partial charge in [0, 0.05) is 31.7 Å². The van der Waals surface area contributed by atoms with Crippen molar-refractivity contribution in [3.05, 3.63) is 78.1 Å². The molecule has 1 aliphatic heterocycles. The van der Waals surface area contributed by atoms with Gasteiger partial charge in [-0.25, -0.2) is 12.8 Å². The Labute approximate surface area is 163 Å². The lowest BCUT2D eigenvalue weighted by Gasteiger charge is -2.34. The number of sulfonamides is 1. The van der Waals surface area contributed by atoms with E-state index in [1.54, 1.807) is 11.0 Å². The number of fused-ring (bicyclic) bond motifs is 1. The number of nitrogens with zero attached hydrogens (tertiary/aromatic N) is 2. The first-order valence-electron chi connectivity index (χ1n) is 8.99. The zero-order chi connectivity index (χ0) is 19.7. The Balaban J connectivity index is 1.48. The van der Waals surface area contributed by atoms with Crippen LogP contribution in [0.2, 0.25) is 0 Å². The smallest absolute Gasteiger partial charge is 0.253 e. The summed E-state index contributed by atoms with van der Waals surface area (Å²) in [6.45, 7) is 0.941. The normalized spacial score (nSPS) is 15.7. The molecular weight excluding hydrogens is 379 g/mol. The molecule has 3 aromatic carbocycles. The Hall–Kier alpha value is -2.77. The van der Waals surface area contributed by atoms with Gasteiger partial charge < -0.3 is 4.90 Å². The van der Waals surface area contributed by atoms with Gasteiger partial charge in [-0.05, 0) is 41.1 Å². The van der Waals surface area contributed by atoms with Crippen LogP contribution in [0, 0.1) is 5.82 Å². The second-order valence-electron chi connectivity index (χ2n) is 6.72. The molecule has 0 spiro atoms. The third-order valence-corrected chi connectivity index (χ3v) is 6.85. The summed E-state index contributed by atoms with van der Waals surface area (Å²) in [5, 5.41) is 2.05. The van der Waals surface area contributed by atoms with Gasteiger partial charge in [-0.2, -0.15) is 4.31 Å². The van der Waals surface area contributed by atoms with E-state index in [0.717, 1.165) is 16.8 Å². The maximum Gasteiger partial charge on any atom is 0.253 e. The number of halogens is 1. The summed E-state index contributed by atoms with van der Waals surface area (Å²) in [6, 6.07) is 18.3. The lowest BCUT2D eigenvalue weighted by Crippen LogP contribution is -2.50. The average molecular weight is 398 g/mol. The van der Waals surface area contributed by atoms with Crippen molar-refractivity contribution >= 4 is 26.7 Å². The van der Waals surface area contributed by atoms with Crippen LogP contribution in [-0.4, -0.2) is 49.7 Å². The lowest BCUT2D eigenvalue weighted by molar-refractivity contribution is 0.0698. The molecule has 3 aromatic rings. The zero-order valence-corrected chi connectivity index (χ0v) is 15.9. The van der Waals surface area contributed by atoms with Crippen molar-refractivity contribution in [3.8, 4) is 0 Å². The van der Waals surface area contributed by atoms with E-state index in [0.29, 0.717) is 18.7 Å². The van der Waals surface area contributed by atoms with Crippen LogP contribution < -0.4 is 0 Å². The fourth-order valence-corrected chi connectivity index (χ4v) is 4.87. The molecule has 0 aromatic heterocycles. The number of benzene rings is 3. The summed E-state index contributed by atoms with van der Waals surface area (Å²) < 4.78 is 40.1. The quantitative estimate of drug-likeness (QED) is 0.681. The highest BCUT2D eigenvalue weighted by Gasteiger charge is 2.30. The monoisotopic (exact) mass is 398 g/mol. The highest BCUT2D eigenvalue weighted by atomic mass is 32.2. The van der Waals surface area contributed by atoms with Crippen molar-refractivity contribution in [3.63, 3.8) is 0 Å². The van der Waals surface area contributed by atoms with Gasteiger partial charge in [0.1, 0.15) is 5.82 Å². The number of hydrogen-bond acceptors (Lipinski definition) is 3. The highest BCUT2D eigenvalue weighted by Crippen LogP contribution is 2.21. The van der Waals surface area contributed by atoms with Crippen molar-refractivity contribution in [2.24, 2.45) is 0 Å². The molecule has 28 heavy (non-hydrogen) atoms. The third-order valence-electron chi connectivity index (χ3n) is 4.96. The van der Waals surface area contributed by atoms with Gasteiger partial charge >= 0.3 is 0 Å². The van der Waals surface area contributed by atoms with Crippen molar-refractivity contribution in [1.29, 1.82) is 0 Å². The minimum Gasteiger partial charge on any atom is -0.336 e. The van der Waals surface area contributed by atoms with Gasteiger partial charge in [-0.3, -0.25) is 4.79 Å². The molecule has 0 bridgehead atoms. The Morgan fingerprint density at radius 3 is 2.25 bits per heavy atom. The number of amides is 1. The summed E-state index contributed by atoms with van der Waals surface area (Å²) in [4.78, 5) is 14.4. The van der Waals surface area contributed by atoms with Crippen LogP contribution in [0.25, 0.3) is 10.8 Å².